The number of aromatic nitrogens is 1. The predicted octanol–water partition coefficient (Wildman–Crippen LogP) is 0.590. The third-order valence-electron chi connectivity index (χ3n) is 2.66. The Labute approximate surface area is 95.6 Å². The molecule has 0 unspecified atom stereocenters. The van der Waals surface area contributed by atoms with Crippen LogP contribution in [-0.4, -0.2) is 36.2 Å². The van der Waals surface area contributed by atoms with Crippen molar-refractivity contribution < 1.29 is 4.74 Å². The number of rotatable bonds is 3. The Kier molecular flexibility index (Phi) is 4.10. The van der Waals surface area contributed by atoms with Crippen LogP contribution in [0.15, 0.2) is 18.2 Å². The van der Waals surface area contributed by atoms with Crippen molar-refractivity contribution in [3.63, 3.8) is 0 Å². The maximum atomic E-state index is 5.41. The van der Waals surface area contributed by atoms with Crippen LogP contribution in [0.5, 0.6) is 0 Å². The van der Waals surface area contributed by atoms with Crippen LogP contribution in [0.3, 0.4) is 0 Å². The van der Waals surface area contributed by atoms with Gasteiger partial charge >= 0.3 is 0 Å². The maximum Gasteiger partial charge on any atom is 0.140 e. The second-order valence-corrected chi connectivity index (χ2v) is 3.90. The van der Waals surface area contributed by atoms with E-state index in [1.807, 2.05) is 18.2 Å². The molecule has 0 aliphatic carbocycles. The van der Waals surface area contributed by atoms with Crippen molar-refractivity contribution in [3.8, 4) is 0 Å². The Morgan fingerprint density at radius 3 is 3.19 bits per heavy atom. The molecular formula is C11H18N4O. The van der Waals surface area contributed by atoms with Crippen molar-refractivity contribution in [2.24, 2.45) is 5.84 Å². The average molecular weight is 222 g/mol. The Morgan fingerprint density at radius 1 is 1.38 bits per heavy atom. The second kappa shape index (κ2) is 5.79. The third-order valence-corrected chi connectivity index (χ3v) is 2.66. The molecule has 0 saturated carbocycles. The summed E-state index contributed by atoms with van der Waals surface area (Å²) in [5.74, 6) is 6.04. The zero-order valence-electron chi connectivity index (χ0n) is 9.35. The van der Waals surface area contributed by atoms with Crippen LogP contribution in [0.1, 0.15) is 12.1 Å². The summed E-state index contributed by atoms with van der Waals surface area (Å²) < 4.78 is 5.41. The smallest absolute Gasteiger partial charge is 0.140 e. The standard InChI is InChI=1S/C11H18N4O/c12-14-11-4-1-3-10(13-11)9-15-5-2-7-16-8-6-15/h1,3-4H,2,5-9,12H2,(H,13,14). The monoisotopic (exact) mass is 222 g/mol. The first-order chi connectivity index (χ1) is 7.88. The van der Waals surface area contributed by atoms with E-state index >= 15 is 0 Å². The lowest BCUT2D eigenvalue weighted by Crippen LogP contribution is -2.26. The largest absolute Gasteiger partial charge is 0.380 e. The first-order valence-corrected chi connectivity index (χ1v) is 5.61. The van der Waals surface area contributed by atoms with E-state index in [4.69, 9.17) is 10.6 Å². The molecule has 1 aliphatic heterocycles. The van der Waals surface area contributed by atoms with Crippen molar-refractivity contribution in [1.82, 2.24) is 9.88 Å². The molecule has 0 bridgehead atoms. The van der Waals surface area contributed by atoms with E-state index in [-0.39, 0.29) is 0 Å². The van der Waals surface area contributed by atoms with Crippen LogP contribution in [-0.2, 0) is 11.3 Å². The van der Waals surface area contributed by atoms with Gasteiger partial charge < -0.3 is 10.2 Å². The van der Waals surface area contributed by atoms with E-state index < -0.39 is 0 Å². The van der Waals surface area contributed by atoms with Crippen molar-refractivity contribution in [2.45, 2.75) is 13.0 Å². The molecule has 0 amide bonds. The van der Waals surface area contributed by atoms with Crippen LogP contribution >= 0.6 is 0 Å². The molecule has 2 rings (SSSR count). The molecule has 2 heterocycles. The molecular weight excluding hydrogens is 204 g/mol. The van der Waals surface area contributed by atoms with E-state index in [0.29, 0.717) is 5.82 Å². The molecule has 16 heavy (non-hydrogen) atoms. The fourth-order valence-corrected chi connectivity index (χ4v) is 1.83. The van der Waals surface area contributed by atoms with E-state index in [1.54, 1.807) is 0 Å². The molecule has 1 saturated heterocycles. The summed E-state index contributed by atoms with van der Waals surface area (Å²) in [6.07, 6.45) is 1.09. The number of hydrazine groups is 1. The Bertz CT molecular complexity index is 324. The van der Waals surface area contributed by atoms with Gasteiger partial charge in [-0.15, -0.1) is 0 Å². The highest BCUT2D eigenvalue weighted by atomic mass is 16.5. The number of ether oxygens (including phenoxy) is 1. The highest BCUT2D eigenvalue weighted by Crippen LogP contribution is 2.08. The predicted molar refractivity (Wildman–Crippen MR) is 62.8 cm³/mol. The van der Waals surface area contributed by atoms with Crippen LogP contribution in [0.25, 0.3) is 0 Å². The molecule has 88 valence electrons. The summed E-state index contributed by atoms with van der Waals surface area (Å²) >= 11 is 0. The second-order valence-electron chi connectivity index (χ2n) is 3.90. The summed E-state index contributed by atoms with van der Waals surface area (Å²) in [7, 11) is 0. The van der Waals surface area contributed by atoms with Gasteiger partial charge in [0.15, 0.2) is 0 Å². The summed E-state index contributed by atoms with van der Waals surface area (Å²) in [6, 6.07) is 5.84. The first kappa shape index (κ1) is 11.3. The molecule has 0 spiro atoms. The van der Waals surface area contributed by atoms with E-state index in [0.717, 1.165) is 45.0 Å². The van der Waals surface area contributed by atoms with Gasteiger partial charge in [0.25, 0.3) is 0 Å². The molecule has 1 aromatic rings. The van der Waals surface area contributed by atoms with Gasteiger partial charge in [0.05, 0.1) is 12.3 Å². The minimum Gasteiger partial charge on any atom is -0.380 e. The summed E-state index contributed by atoms with van der Waals surface area (Å²) in [5.41, 5.74) is 3.60. The Morgan fingerprint density at radius 2 is 2.31 bits per heavy atom. The first-order valence-electron chi connectivity index (χ1n) is 5.61. The number of nitrogens with two attached hydrogens (primary N) is 1. The van der Waals surface area contributed by atoms with Crippen LogP contribution in [0.4, 0.5) is 5.82 Å². The van der Waals surface area contributed by atoms with E-state index in [1.165, 1.54) is 0 Å². The number of nitrogen functional groups attached to an aromatic ring is 1. The number of hydrogen-bond donors (Lipinski definition) is 2. The maximum absolute atomic E-state index is 5.41. The Balaban J connectivity index is 1.96. The molecule has 0 atom stereocenters. The van der Waals surface area contributed by atoms with Crippen molar-refractivity contribution >= 4 is 5.82 Å². The molecule has 1 aromatic heterocycles. The van der Waals surface area contributed by atoms with Crippen molar-refractivity contribution in [3.05, 3.63) is 23.9 Å². The van der Waals surface area contributed by atoms with Gasteiger partial charge in [0.1, 0.15) is 5.82 Å². The third kappa shape index (κ3) is 3.16. The number of hydrogen-bond acceptors (Lipinski definition) is 5. The minimum absolute atomic E-state index is 0.712. The fraction of sp³-hybridized carbons (Fsp3) is 0.545. The van der Waals surface area contributed by atoms with E-state index in [2.05, 4.69) is 15.3 Å². The Hall–Kier alpha value is -1.17. The highest BCUT2D eigenvalue weighted by molar-refractivity contribution is 5.33. The lowest BCUT2D eigenvalue weighted by molar-refractivity contribution is 0.140. The van der Waals surface area contributed by atoms with Gasteiger partial charge in [0, 0.05) is 26.2 Å². The highest BCUT2D eigenvalue weighted by Gasteiger charge is 2.10. The number of nitrogens with one attached hydrogen (secondary N) is 1. The number of pyridine rings is 1. The number of nitrogens with zero attached hydrogens (tertiary/aromatic N) is 2. The lowest BCUT2D eigenvalue weighted by Gasteiger charge is -2.18. The molecule has 1 fully saturated rings. The quantitative estimate of drug-likeness (QED) is 0.579. The number of anilines is 1. The molecule has 1 aliphatic rings. The van der Waals surface area contributed by atoms with Gasteiger partial charge in [0.2, 0.25) is 0 Å². The topological polar surface area (TPSA) is 63.4 Å². The van der Waals surface area contributed by atoms with Crippen LogP contribution in [0, 0.1) is 0 Å². The van der Waals surface area contributed by atoms with E-state index in [9.17, 15) is 0 Å². The molecule has 3 N–H and O–H groups in total. The average Bonchev–Trinajstić information content (AvgIpc) is 2.58. The normalized spacial score (nSPS) is 18.1. The van der Waals surface area contributed by atoms with Gasteiger partial charge in [-0.1, -0.05) is 6.07 Å². The summed E-state index contributed by atoms with van der Waals surface area (Å²) in [6.45, 7) is 4.59. The zero-order chi connectivity index (χ0) is 11.2. The van der Waals surface area contributed by atoms with Crippen LogP contribution in [0.2, 0.25) is 0 Å². The van der Waals surface area contributed by atoms with Gasteiger partial charge in [-0.2, -0.15) is 0 Å². The van der Waals surface area contributed by atoms with Crippen molar-refractivity contribution in [2.75, 3.05) is 31.7 Å². The molecule has 5 nitrogen and oxygen atoms in total. The summed E-state index contributed by atoms with van der Waals surface area (Å²) in [5, 5.41) is 0. The molecule has 5 heteroatoms. The lowest BCUT2D eigenvalue weighted by atomic mass is 10.3. The SMILES string of the molecule is NNc1cccc(CN2CCCOCC2)n1. The van der Waals surface area contributed by atoms with Gasteiger partial charge in [-0.25, -0.2) is 10.8 Å². The van der Waals surface area contributed by atoms with Gasteiger partial charge in [-0.3, -0.25) is 4.90 Å². The minimum atomic E-state index is 0.712. The molecule has 0 aromatic carbocycles. The van der Waals surface area contributed by atoms with Crippen molar-refractivity contribution in [1.29, 1.82) is 0 Å². The molecule has 0 radical (unpaired) electrons. The summed E-state index contributed by atoms with van der Waals surface area (Å²) in [4.78, 5) is 6.75. The zero-order valence-corrected chi connectivity index (χ0v) is 9.35. The van der Waals surface area contributed by atoms with Gasteiger partial charge in [-0.05, 0) is 18.6 Å². The fourth-order valence-electron chi connectivity index (χ4n) is 1.83. The van der Waals surface area contributed by atoms with Crippen LogP contribution < -0.4 is 11.3 Å².